The van der Waals surface area contributed by atoms with E-state index in [9.17, 15) is 4.79 Å². The molecule has 0 aliphatic carbocycles. The van der Waals surface area contributed by atoms with E-state index in [1.165, 1.54) is 5.56 Å². The molecule has 0 spiro atoms. The van der Waals surface area contributed by atoms with Crippen molar-refractivity contribution in [2.75, 3.05) is 38.0 Å². The molecule has 0 saturated carbocycles. The molecule has 1 fully saturated rings. The van der Waals surface area contributed by atoms with Crippen molar-refractivity contribution < 1.29 is 4.79 Å². The fraction of sp³-hybridized carbons (Fsp3) is 0.409. The number of hydrogen-bond acceptors (Lipinski definition) is 3. The number of carbonyl (C=O) groups excluding carboxylic acids is 1. The Morgan fingerprint density at radius 3 is 2.48 bits per heavy atom. The Kier molecular flexibility index (Phi) is 6.89. The van der Waals surface area contributed by atoms with Crippen LogP contribution in [0.3, 0.4) is 0 Å². The molecule has 1 saturated heterocycles. The van der Waals surface area contributed by atoms with E-state index in [2.05, 4.69) is 45.4 Å². The predicted octanol–water partition coefficient (Wildman–Crippen LogP) is 3.84. The maximum absolute atomic E-state index is 12.7. The Morgan fingerprint density at radius 2 is 1.78 bits per heavy atom. The van der Waals surface area contributed by atoms with Crippen molar-refractivity contribution in [1.29, 1.82) is 0 Å². The summed E-state index contributed by atoms with van der Waals surface area (Å²) < 4.78 is 0. The normalized spacial score (nSPS) is 16.9. The van der Waals surface area contributed by atoms with Crippen LogP contribution in [0, 0.1) is 6.92 Å². The maximum Gasteiger partial charge on any atom is 0.241 e. The van der Waals surface area contributed by atoms with Crippen LogP contribution in [-0.4, -0.2) is 54.5 Å². The van der Waals surface area contributed by atoms with Crippen molar-refractivity contribution in [3.63, 3.8) is 0 Å². The Labute approximate surface area is 167 Å². The van der Waals surface area contributed by atoms with Gasteiger partial charge in [0.25, 0.3) is 0 Å². The van der Waals surface area contributed by atoms with Crippen LogP contribution in [0.5, 0.6) is 0 Å². The van der Waals surface area contributed by atoms with Gasteiger partial charge in [0.2, 0.25) is 5.91 Å². The van der Waals surface area contributed by atoms with E-state index in [1.54, 1.807) is 0 Å². The molecule has 2 aromatic carbocycles. The minimum atomic E-state index is -0.153. The zero-order valence-corrected chi connectivity index (χ0v) is 16.9. The summed E-state index contributed by atoms with van der Waals surface area (Å²) in [6.45, 7) is 8.81. The molecule has 0 unspecified atom stereocenters. The number of nitrogens with one attached hydrogen (secondary N) is 1. The molecule has 3 rings (SSSR count). The largest absolute Gasteiger partial charge is 0.324 e. The molecule has 1 aliphatic rings. The predicted molar refractivity (Wildman–Crippen MR) is 112 cm³/mol. The van der Waals surface area contributed by atoms with Crippen LogP contribution in [0.1, 0.15) is 18.1 Å². The van der Waals surface area contributed by atoms with Crippen LogP contribution < -0.4 is 5.32 Å². The topological polar surface area (TPSA) is 35.6 Å². The molecule has 1 amide bonds. The van der Waals surface area contributed by atoms with Gasteiger partial charge in [-0.15, -0.1) is 0 Å². The molecule has 144 valence electrons. The van der Waals surface area contributed by atoms with Crippen LogP contribution >= 0.6 is 11.6 Å². The van der Waals surface area contributed by atoms with Crippen molar-refractivity contribution in [3.8, 4) is 0 Å². The first-order chi connectivity index (χ1) is 13.0. The summed E-state index contributed by atoms with van der Waals surface area (Å²) in [6.07, 6.45) is 1.07. The van der Waals surface area contributed by atoms with Gasteiger partial charge in [0.05, 0.1) is 6.04 Å². The van der Waals surface area contributed by atoms with Crippen LogP contribution in [0.15, 0.2) is 48.5 Å². The first-order valence-electron chi connectivity index (χ1n) is 9.61. The zero-order valence-electron chi connectivity index (χ0n) is 16.1. The molecule has 0 bridgehead atoms. The molecular weight excluding hydrogens is 358 g/mol. The number of anilines is 1. The van der Waals surface area contributed by atoms with Gasteiger partial charge in [0.1, 0.15) is 0 Å². The number of halogens is 1. The number of carbonyl (C=O) groups is 1. The Bertz CT molecular complexity index is 757. The summed E-state index contributed by atoms with van der Waals surface area (Å²) in [5, 5.41) is 3.70. The molecule has 0 aromatic heterocycles. The molecule has 5 heteroatoms. The molecule has 0 radical (unpaired) electrons. The second kappa shape index (κ2) is 9.36. The van der Waals surface area contributed by atoms with E-state index in [0.717, 1.165) is 50.4 Å². The lowest BCUT2D eigenvalue weighted by molar-refractivity contribution is -0.121. The van der Waals surface area contributed by atoms with E-state index in [-0.39, 0.29) is 11.9 Å². The average Bonchev–Trinajstić information content (AvgIpc) is 2.70. The second-order valence-corrected chi connectivity index (χ2v) is 7.60. The number of benzene rings is 2. The first-order valence-corrected chi connectivity index (χ1v) is 9.98. The third-order valence-corrected chi connectivity index (χ3v) is 5.83. The summed E-state index contributed by atoms with van der Waals surface area (Å²) in [5.74, 6) is 0.0260. The maximum atomic E-state index is 12.7. The van der Waals surface area contributed by atoms with E-state index in [0.29, 0.717) is 5.02 Å². The third-order valence-electron chi connectivity index (χ3n) is 5.42. The molecule has 1 N–H and O–H groups in total. The smallest absolute Gasteiger partial charge is 0.241 e. The Morgan fingerprint density at radius 1 is 1.07 bits per heavy atom. The first kappa shape index (κ1) is 19.9. The van der Waals surface area contributed by atoms with Crippen molar-refractivity contribution in [3.05, 3.63) is 64.7 Å². The number of hydrogen-bond donors (Lipinski definition) is 1. The summed E-state index contributed by atoms with van der Waals surface area (Å²) in [5.41, 5.74) is 3.08. The minimum absolute atomic E-state index is 0.0260. The van der Waals surface area contributed by atoms with Gasteiger partial charge in [-0.1, -0.05) is 48.0 Å². The highest BCUT2D eigenvalue weighted by Crippen LogP contribution is 2.23. The molecular formula is C22H28ClN3O. The summed E-state index contributed by atoms with van der Waals surface area (Å²) >= 11 is 6.15. The van der Waals surface area contributed by atoms with Gasteiger partial charge < -0.3 is 10.2 Å². The van der Waals surface area contributed by atoms with Crippen molar-refractivity contribution in [1.82, 2.24) is 9.80 Å². The molecule has 1 atom stereocenters. The second-order valence-electron chi connectivity index (χ2n) is 7.19. The van der Waals surface area contributed by atoms with Crippen molar-refractivity contribution >= 4 is 23.2 Å². The van der Waals surface area contributed by atoms with Crippen molar-refractivity contribution in [2.24, 2.45) is 0 Å². The highest BCUT2D eigenvalue weighted by molar-refractivity contribution is 6.31. The van der Waals surface area contributed by atoms with Gasteiger partial charge >= 0.3 is 0 Å². The molecule has 1 aliphatic heterocycles. The van der Waals surface area contributed by atoms with Gasteiger partial charge in [-0.25, -0.2) is 0 Å². The minimum Gasteiger partial charge on any atom is -0.324 e. The van der Waals surface area contributed by atoms with Gasteiger partial charge in [0.15, 0.2) is 0 Å². The zero-order chi connectivity index (χ0) is 19.2. The van der Waals surface area contributed by atoms with Gasteiger partial charge in [-0.3, -0.25) is 9.69 Å². The van der Waals surface area contributed by atoms with Gasteiger partial charge in [0, 0.05) is 43.4 Å². The fourth-order valence-electron chi connectivity index (χ4n) is 3.45. The monoisotopic (exact) mass is 385 g/mol. The Hall–Kier alpha value is -1.88. The van der Waals surface area contributed by atoms with E-state index in [1.807, 2.05) is 32.0 Å². The van der Waals surface area contributed by atoms with Crippen LogP contribution in [0.4, 0.5) is 5.69 Å². The van der Waals surface area contributed by atoms with Gasteiger partial charge in [-0.05, 0) is 43.5 Å². The SMILES string of the molecule is Cc1c(Cl)cccc1NC(=O)[C@H](C)N1CCN(CCc2ccccc2)CC1. The molecule has 1 heterocycles. The van der Waals surface area contributed by atoms with E-state index >= 15 is 0 Å². The lowest BCUT2D eigenvalue weighted by atomic mass is 10.1. The molecule has 4 nitrogen and oxygen atoms in total. The lowest BCUT2D eigenvalue weighted by Gasteiger charge is -2.37. The molecule has 27 heavy (non-hydrogen) atoms. The van der Waals surface area contributed by atoms with E-state index < -0.39 is 0 Å². The number of amides is 1. The third kappa shape index (κ3) is 5.32. The van der Waals surface area contributed by atoms with Crippen LogP contribution in [-0.2, 0) is 11.2 Å². The van der Waals surface area contributed by atoms with Crippen molar-refractivity contribution in [2.45, 2.75) is 26.3 Å². The van der Waals surface area contributed by atoms with Crippen LogP contribution in [0.25, 0.3) is 0 Å². The lowest BCUT2D eigenvalue weighted by Crippen LogP contribution is -2.53. The number of nitrogens with zero attached hydrogens (tertiary/aromatic N) is 2. The Balaban J connectivity index is 1.47. The average molecular weight is 386 g/mol. The van der Waals surface area contributed by atoms with Crippen LogP contribution in [0.2, 0.25) is 5.02 Å². The summed E-state index contributed by atoms with van der Waals surface area (Å²) in [7, 11) is 0. The fourth-order valence-corrected chi connectivity index (χ4v) is 3.63. The van der Waals surface area contributed by atoms with E-state index in [4.69, 9.17) is 11.6 Å². The number of piperazine rings is 1. The standard InChI is InChI=1S/C22H28ClN3O/c1-17-20(23)9-6-10-21(17)24-22(27)18(2)26-15-13-25(14-16-26)12-11-19-7-4-3-5-8-19/h3-10,18H,11-16H2,1-2H3,(H,24,27)/t18-/m0/s1. The highest BCUT2D eigenvalue weighted by Gasteiger charge is 2.25. The summed E-state index contributed by atoms with van der Waals surface area (Å²) in [4.78, 5) is 17.4. The molecule has 2 aromatic rings. The highest BCUT2D eigenvalue weighted by atomic mass is 35.5. The quantitative estimate of drug-likeness (QED) is 0.820. The van der Waals surface area contributed by atoms with Gasteiger partial charge in [-0.2, -0.15) is 0 Å². The number of rotatable bonds is 6. The summed E-state index contributed by atoms with van der Waals surface area (Å²) in [6, 6.07) is 16.0.